The second-order valence-electron chi connectivity index (χ2n) is 5.38. The average Bonchev–Trinajstić information content (AvgIpc) is 2.53. The summed E-state index contributed by atoms with van der Waals surface area (Å²) in [5, 5.41) is 2.55. The summed E-state index contributed by atoms with van der Waals surface area (Å²) in [7, 11) is 0. The van der Waals surface area contributed by atoms with Crippen molar-refractivity contribution in [3.63, 3.8) is 0 Å². The van der Waals surface area contributed by atoms with E-state index in [1.54, 1.807) is 24.3 Å². The largest absolute Gasteiger partial charge is 0.325 e. The van der Waals surface area contributed by atoms with E-state index in [-0.39, 0.29) is 11.5 Å². The van der Waals surface area contributed by atoms with Gasteiger partial charge in [0, 0.05) is 24.2 Å². The zero-order chi connectivity index (χ0) is 18.6. The topological polar surface area (TPSA) is 66.5 Å². The van der Waals surface area contributed by atoms with Gasteiger partial charge in [0.2, 0.25) is 11.8 Å². The molecule has 0 radical (unpaired) electrons. The quantitative estimate of drug-likeness (QED) is 0.846. The molecule has 0 fully saturated rings. The second kappa shape index (κ2) is 7.65. The molecule has 0 aliphatic rings. The highest BCUT2D eigenvalue weighted by Crippen LogP contribution is 2.20. The molecule has 0 saturated carbocycles. The lowest BCUT2D eigenvalue weighted by molar-refractivity contribution is -0.120. The maximum Gasteiger partial charge on any atom is 0.244 e. The molecule has 2 rings (SSSR count). The summed E-state index contributed by atoms with van der Waals surface area (Å²) in [5.41, 5.74) is 0.741. The van der Waals surface area contributed by atoms with Crippen LogP contribution < -0.4 is 10.2 Å². The van der Waals surface area contributed by atoms with Crippen molar-refractivity contribution < 1.29 is 23.2 Å². The predicted molar refractivity (Wildman–Crippen MR) is 89.5 cm³/mol. The van der Waals surface area contributed by atoms with Crippen LogP contribution in [-0.2, 0) is 9.59 Å². The molecular weight excluding hydrogens is 330 g/mol. The first kappa shape index (κ1) is 18.3. The Hall–Kier alpha value is -3.09. The third-order valence-corrected chi connectivity index (χ3v) is 3.46. The molecule has 2 amide bonds. The van der Waals surface area contributed by atoms with E-state index in [4.69, 9.17) is 0 Å². The van der Waals surface area contributed by atoms with Gasteiger partial charge in [-0.15, -0.1) is 0 Å². The van der Waals surface area contributed by atoms with E-state index in [9.17, 15) is 23.2 Å². The van der Waals surface area contributed by atoms with Crippen molar-refractivity contribution >= 4 is 29.0 Å². The SMILES string of the molecule is CC(=O)c1ccc(NC(=O)CN(C(C)=O)c2ccc(F)cc2F)cc1. The lowest BCUT2D eigenvalue weighted by Gasteiger charge is -2.21. The lowest BCUT2D eigenvalue weighted by Crippen LogP contribution is -2.37. The molecule has 130 valence electrons. The molecule has 0 heterocycles. The number of hydrogen-bond donors (Lipinski definition) is 1. The van der Waals surface area contributed by atoms with Gasteiger partial charge in [-0.1, -0.05) is 0 Å². The normalized spacial score (nSPS) is 10.2. The number of amides is 2. The van der Waals surface area contributed by atoms with E-state index in [2.05, 4.69) is 5.32 Å². The third-order valence-electron chi connectivity index (χ3n) is 3.46. The van der Waals surface area contributed by atoms with Crippen LogP contribution in [0.2, 0.25) is 0 Å². The fraction of sp³-hybridized carbons (Fsp3) is 0.167. The van der Waals surface area contributed by atoms with Crippen LogP contribution in [0.1, 0.15) is 24.2 Å². The molecule has 0 aliphatic heterocycles. The van der Waals surface area contributed by atoms with Crippen molar-refractivity contribution in [3.05, 3.63) is 59.7 Å². The van der Waals surface area contributed by atoms with E-state index in [1.807, 2.05) is 0 Å². The monoisotopic (exact) mass is 346 g/mol. The number of nitrogens with one attached hydrogen (secondary N) is 1. The molecular formula is C18H16F2N2O3. The molecule has 0 bridgehead atoms. The summed E-state index contributed by atoms with van der Waals surface area (Å²) in [4.78, 5) is 36.0. The maximum atomic E-state index is 13.9. The first-order valence-corrected chi connectivity index (χ1v) is 7.42. The highest BCUT2D eigenvalue weighted by molar-refractivity contribution is 6.02. The summed E-state index contributed by atoms with van der Waals surface area (Å²) in [6, 6.07) is 8.95. The van der Waals surface area contributed by atoms with E-state index in [0.717, 1.165) is 17.0 Å². The van der Waals surface area contributed by atoms with Crippen LogP contribution in [0.15, 0.2) is 42.5 Å². The van der Waals surface area contributed by atoms with Gasteiger partial charge < -0.3 is 10.2 Å². The van der Waals surface area contributed by atoms with Crippen LogP contribution in [0.25, 0.3) is 0 Å². The molecule has 0 saturated heterocycles. The molecule has 0 unspecified atom stereocenters. The smallest absolute Gasteiger partial charge is 0.244 e. The van der Waals surface area contributed by atoms with Gasteiger partial charge in [-0.25, -0.2) is 8.78 Å². The van der Waals surface area contributed by atoms with Crippen LogP contribution in [0.3, 0.4) is 0 Å². The van der Waals surface area contributed by atoms with Crippen LogP contribution in [-0.4, -0.2) is 24.1 Å². The minimum atomic E-state index is -0.936. The predicted octanol–water partition coefficient (Wildman–Crippen LogP) is 3.16. The number of Topliss-reactive ketones (excluding diaryl/α,β-unsaturated/α-hetero) is 1. The number of halogens is 2. The van der Waals surface area contributed by atoms with Gasteiger partial charge in [-0.2, -0.15) is 0 Å². The molecule has 2 aromatic rings. The standard InChI is InChI=1S/C18H16F2N2O3/c1-11(23)13-3-6-15(7-4-13)21-18(25)10-22(12(2)24)17-8-5-14(19)9-16(17)20/h3-9H,10H2,1-2H3,(H,21,25). The Kier molecular flexibility index (Phi) is 5.59. The Bertz CT molecular complexity index is 820. The van der Waals surface area contributed by atoms with Crippen molar-refractivity contribution in [2.45, 2.75) is 13.8 Å². The van der Waals surface area contributed by atoms with Gasteiger partial charge in [-0.3, -0.25) is 14.4 Å². The zero-order valence-electron chi connectivity index (χ0n) is 13.7. The lowest BCUT2D eigenvalue weighted by atomic mass is 10.1. The molecule has 0 aliphatic carbocycles. The fourth-order valence-corrected chi connectivity index (χ4v) is 2.20. The maximum absolute atomic E-state index is 13.9. The molecule has 0 atom stereocenters. The first-order valence-electron chi connectivity index (χ1n) is 7.42. The van der Waals surface area contributed by atoms with Gasteiger partial charge >= 0.3 is 0 Å². The number of benzene rings is 2. The summed E-state index contributed by atoms with van der Waals surface area (Å²) in [5.74, 6) is -2.94. The Morgan fingerprint density at radius 3 is 2.16 bits per heavy atom. The highest BCUT2D eigenvalue weighted by atomic mass is 19.1. The van der Waals surface area contributed by atoms with E-state index < -0.39 is 30.0 Å². The summed E-state index contributed by atoms with van der Waals surface area (Å²) < 4.78 is 26.9. The average molecular weight is 346 g/mol. The minimum absolute atomic E-state index is 0.104. The molecule has 25 heavy (non-hydrogen) atoms. The molecule has 0 aromatic heterocycles. The van der Waals surface area contributed by atoms with E-state index in [0.29, 0.717) is 17.3 Å². The van der Waals surface area contributed by atoms with Gasteiger partial charge in [0.05, 0.1) is 5.69 Å². The van der Waals surface area contributed by atoms with Gasteiger partial charge in [0.25, 0.3) is 0 Å². The summed E-state index contributed by atoms with van der Waals surface area (Å²) in [6.07, 6.45) is 0. The Balaban J connectivity index is 2.12. The minimum Gasteiger partial charge on any atom is -0.325 e. The zero-order valence-corrected chi connectivity index (χ0v) is 13.7. The molecule has 5 nitrogen and oxygen atoms in total. The molecule has 7 heteroatoms. The molecule has 2 aromatic carbocycles. The highest BCUT2D eigenvalue weighted by Gasteiger charge is 2.19. The second-order valence-corrected chi connectivity index (χ2v) is 5.38. The van der Waals surface area contributed by atoms with Crippen LogP contribution in [0.4, 0.5) is 20.2 Å². The number of carbonyl (C=O) groups is 3. The van der Waals surface area contributed by atoms with Gasteiger partial charge in [0.15, 0.2) is 5.78 Å². The van der Waals surface area contributed by atoms with Crippen molar-refractivity contribution in [3.8, 4) is 0 Å². The molecule has 1 N–H and O–H groups in total. The number of carbonyl (C=O) groups excluding carboxylic acids is 3. The van der Waals surface area contributed by atoms with Crippen molar-refractivity contribution in [1.82, 2.24) is 0 Å². The van der Waals surface area contributed by atoms with Gasteiger partial charge in [-0.05, 0) is 43.3 Å². The van der Waals surface area contributed by atoms with E-state index in [1.165, 1.54) is 13.8 Å². The number of anilines is 2. The first-order chi connectivity index (χ1) is 11.8. The Morgan fingerprint density at radius 1 is 1.00 bits per heavy atom. The summed E-state index contributed by atoms with van der Waals surface area (Å²) >= 11 is 0. The fourth-order valence-electron chi connectivity index (χ4n) is 2.20. The number of nitrogens with zero attached hydrogens (tertiary/aromatic N) is 1. The van der Waals surface area contributed by atoms with Crippen LogP contribution >= 0.6 is 0 Å². The van der Waals surface area contributed by atoms with Crippen LogP contribution in [0, 0.1) is 11.6 Å². The Morgan fingerprint density at radius 2 is 1.64 bits per heavy atom. The Labute approximate surface area is 143 Å². The number of ketones is 1. The van der Waals surface area contributed by atoms with Crippen LogP contribution in [0.5, 0.6) is 0 Å². The van der Waals surface area contributed by atoms with E-state index >= 15 is 0 Å². The molecule has 0 spiro atoms. The van der Waals surface area contributed by atoms with Crippen molar-refractivity contribution in [2.75, 3.05) is 16.8 Å². The third kappa shape index (κ3) is 4.69. The van der Waals surface area contributed by atoms with Crippen molar-refractivity contribution in [2.24, 2.45) is 0 Å². The van der Waals surface area contributed by atoms with Crippen molar-refractivity contribution in [1.29, 1.82) is 0 Å². The summed E-state index contributed by atoms with van der Waals surface area (Å²) in [6.45, 7) is 2.17. The number of hydrogen-bond acceptors (Lipinski definition) is 3. The number of rotatable bonds is 5. The van der Waals surface area contributed by atoms with Gasteiger partial charge in [0.1, 0.15) is 18.2 Å².